The Hall–Kier alpha value is -2.65. The minimum absolute atomic E-state index is 0.365. The Morgan fingerprint density at radius 2 is 2.06 bits per heavy atom. The Morgan fingerprint density at radius 1 is 1.24 bits per heavy atom. The Labute approximate surface area is 97.4 Å². The van der Waals surface area contributed by atoms with Gasteiger partial charge in [-0.1, -0.05) is 24.3 Å². The molecule has 0 saturated carbocycles. The number of hydrogen-bond donors (Lipinski definition) is 0. The third kappa shape index (κ3) is 2.48. The summed E-state index contributed by atoms with van der Waals surface area (Å²) in [7, 11) is 0. The van der Waals surface area contributed by atoms with Crippen molar-refractivity contribution in [2.75, 3.05) is 0 Å². The lowest BCUT2D eigenvalue weighted by Crippen LogP contribution is -1.93. The summed E-state index contributed by atoms with van der Waals surface area (Å²) in [5.41, 5.74) is 10.3. The van der Waals surface area contributed by atoms with Crippen molar-refractivity contribution < 1.29 is 4.79 Å². The van der Waals surface area contributed by atoms with Crippen LogP contribution in [-0.4, -0.2) is 10.9 Å². The normalized spacial score (nSPS) is 9.41. The molecule has 0 radical (unpaired) electrons. The van der Waals surface area contributed by atoms with E-state index in [4.69, 9.17) is 5.53 Å². The highest BCUT2D eigenvalue weighted by Crippen LogP contribution is 2.19. The van der Waals surface area contributed by atoms with Gasteiger partial charge in [-0.25, -0.2) is 0 Å². The van der Waals surface area contributed by atoms with Crippen LogP contribution in [0.4, 0.5) is 0 Å². The first-order valence-corrected chi connectivity index (χ1v) is 4.91. The fourth-order valence-electron chi connectivity index (χ4n) is 1.46. The van der Waals surface area contributed by atoms with E-state index < -0.39 is 5.91 Å². The summed E-state index contributed by atoms with van der Waals surface area (Å²) in [5, 5.41) is 3.06. The summed E-state index contributed by atoms with van der Waals surface area (Å²) >= 11 is 0. The first-order valence-electron chi connectivity index (χ1n) is 4.91. The lowest BCUT2D eigenvalue weighted by molar-refractivity contribution is 0.100. The number of pyridine rings is 1. The maximum absolute atomic E-state index is 11.4. The standard InChI is InChI=1S/C12H8N4O/c13-16-15-12(17)10-4-1-3-9(7-10)11-5-2-6-14-8-11/h1-8H. The zero-order chi connectivity index (χ0) is 12.1. The maximum Gasteiger partial charge on any atom is 0.249 e. The summed E-state index contributed by atoms with van der Waals surface area (Å²) in [5.74, 6) is -0.585. The van der Waals surface area contributed by atoms with Crippen LogP contribution in [0.25, 0.3) is 21.6 Å². The van der Waals surface area contributed by atoms with Crippen LogP contribution < -0.4 is 0 Å². The van der Waals surface area contributed by atoms with Gasteiger partial charge in [-0.2, -0.15) is 0 Å². The van der Waals surface area contributed by atoms with Gasteiger partial charge in [0.15, 0.2) is 0 Å². The molecule has 5 heteroatoms. The largest absolute Gasteiger partial charge is 0.287 e. The first-order chi connectivity index (χ1) is 8.31. The van der Waals surface area contributed by atoms with E-state index in [1.807, 2.05) is 18.2 Å². The first kappa shape index (κ1) is 10.9. The van der Waals surface area contributed by atoms with E-state index >= 15 is 0 Å². The molecule has 0 atom stereocenters. The van der Waals surface area contributed by atoms with Gasteiger partial charge in [-0.05, 0) is 28.3 Å². The lowest BCUT2D eigenvalue weighted by Gasteiger charge is -2.02. The lowest BCUT2D eigenvalue weighted by atomic mass is 10.0. The quantitative estimate of drug-likeness (QED) is 0.446. The number of azide groups is 1. The van der Waals surface area contributed by atoms with Crippen molar-refractivity contribution >= 4 is 5.91 Å². The zero-order valence-corrected chi connectivity index (χ0v) is 8.82. The molecule has 0 fully saturated rings. The number of rotatable bonds is 2. The average molecular weight is 224 g/mol. The van der Waals surface area contributed by atoms with Crippen molar-refractivity contribution in [1.82, 2.24) is 4.98 Å². The molecular formula is C12H8N4O. The third-order valence-electron chi connectivity index (χ3n) is 2.24. The fourth-order valence-corrected chi connectivity index (χ4v) is 1.46. The van der Waals surface area contributed by atoms with Gasteiger partial charge in [0.05, 0.1) is 0 Å². The number of carbonyl (C=O) groups excluding carboxylic acids is 1. The van der Waals surface area contributed by atoms with Crippen molar-refractivity contribution in [1.29, 1.82) is 0 Å². The second kappa shape index (κ2) is 4.92. The highest BCUT2D eigenvalue weighted by molar-refractivity contribution is 5.96. The van der Waals surface area contributed by atoms with E-state index in [1.54, 1.807) is 30.6 Å². The molecule has 5 nitrogen and oxygen atoms in total. The van der Waals surface area contributed by atoms with Crippen LogP contribution in [0.15, 0.2) is 53.9 Å². The Bertz CT molecular complexity index is 588. The predicted octanol–water partition coefficient (Wildman–Crippen LogP) is 3.20. The summed E-state index contributed by atoms with van der Waals surface area (Å²) in [4.78, 5) is 17.9. The second-order valence-electron chi connectivity index (χ2n) is 3.32. The van der Waals surface area contributed by atoms with Gasteiger partial charge < -0.3 is 0 Å². The average Bonchev–Trinajstić information content (AvgIpc) is 2.40. The number of carbonyl (C=O) groups is 1. The third-order valence-corrected chi connectivity index (χ3v) is 2.24. The zero-order valence-electron chi connectivity index (χ0n) is 8.82. The van der Waals surface area contributed by atoms with Crippen LogP contribution in [0.5, 0.6) is 0 Å². The van der Waals surface area contributed by atoms with Crippen LogP contribution in [0, 0.1) is 0 Å². The molecule has 0 aliphatic rings. The van der Waals surface area contributed by atoms with Crippen LogP contribution in [-0.2, 0) is 0 Å². The van der Waals surface area contributed by atoms with Gasteiger partial charge in [0.1, 0.15) is 0 Å². The Kier molecular flexibility index (Phi) is 3.14. The van der Waals surface area contributed by atoms with E-state index in [1.165, 1.54) is 0 Å². The molecule has 0 aliphatic heterocycles. The Morgan fingerprint density at radius 3 is 2.76 bits per heavy atom. The van der Waals surface area contributed by atoms with E-state index in [2.05, 4.69) is 15.0 Å². The van der Waals surface area contributed by atoms with E-state index in [0.29, 0.717) is 5.56 Å². The molecule has 0 spiro atoms. The highest BCUT2D eigenvalue weighted by atomic mass is 16.1. The summed E-state index contributed by atoms with van der Waals surface area (Å²) in [6.07, 6.45) is 3.38. The van der Waals surface area contributed by atoms with Crippen molar-refractivity contribution in [2.45, 2.75) is 0 Å². The number of benzene rings is 1. The molecule has 1 aromatic carbocycles. The van der Waals surface area contributed by atoms with Crippen LogP contribution in [0.2, 0.25) is 0 Å². The molecule has 17 heavy (non-hydrogen) atoms. The van der Waals surface area contributed by atoms with Gasteiger partial charge in [0.2, 0.25) is 5.91 Å². The number of aromatic nitrogens is 1. The number of hydrogen-bond acceptors (Lipinski definition) is 2. The molecule has 2 rings (SSSR count). The summed E-state index contributed by atoms with van der Waals surface area (Å²) in [6.45, 7) is 0. The molecule has 82 valence electrons. The van der Waals surface area contributed by atoms with E-state index in [0.717, 1.165) is 11.1 Å². The van der Waals surface area contributed by atoms with Crippen LogP contribution in [0.3, 0.4) is 0 Å². The van der Waals surface area contributed by atoms with E-state index in [-0.39, 0.29) is 0 Å². The maximum atomic E-state index is 11.4. The van der Waals surface area contributed by atoms with E-state index in [9.17, 15) is 4.79 Å². The molecule has 1 aromatic heterocycles. The molecule has 0 aliphatic carbocycles. The molecular weight excluding hydrogens is 216 g/mol. The molecule has 0 N–H and O–H groups in total. The SMILES string of the molecule is [N-]=[N+]=NC(=O)c1cccc(-c2cccnc2)c1. The van der Waals surface area contributed by atoms with Gasteiger partial charge in [-0.15, -0.1) is 0 Å². The topological polar surface area (TPSA) is 78.7 Å². The van der Waals surface area contributed by atoms with Crippen molar-refractivity contribution in [3.63, 3.8) is 0 Å². The summed E-state index contributed by atoms with van der Waals surface area (Å²) < 4.78 is 0. The minimum atomic E-state index is -0.585. The smallest absolute Gasteiger partial charge is 0.249 e. The predicted molar refractivity (Wildman–Crippen MR) is 63.1 cm³/mol. The van der Waals surface area contributed by atoms with Gasteiger partial charge >= 0.3 is 0 Å². The molecule has 0 saturated heterocycles. The van der Waals surface area contributed by atoms with Gasteiger partial charge in [0.25, 0.3) is 0 Å². The van der Waals surface area contributed by atoms with Crippen molar-refractivity contribution in [3.8, 4) is 11.1 Å². The van der Waals surface area contributed by atoms with Gasteiger partial charge in [-0.3, -0.25) is 9.78 Å². The fraction of sp³-hybridized carbons (Fsp3) is 0. The molecule has 1 heterocycles. The summed E-state index contributed by atoms with van der Waals surface area (Å²) in [6, 6.07) is 10.6. The van der Waals surface area contributed by atoms with Crippen LogP contribution >= 0.6 is 0 Å². The second-order valence-corrected chi connectivity index (χ2v) is 3.32. The molecule has 2 aromatic rings. The molecule has 0 unspecified atom stereocenters. The minimum Gasteiger partial charge on any atom is -0.287 e. The highest BCUT2D eigenvalue weighted by Gasteiger charge is 2.04. The molecule has 1 amide bonds. The number of nitrogens with zero attached hydrogens (tertiary/aromatic N) is 4. The monoisotopic (exact) mass is 224 g/mol. The van der Waals surface area contributed by atoms with Gasteiger partial charge in [0, 0.05) is 28.4 Å². The molecule has 0 bridgehead atoms. The van der Waals surface area contributed by atoms with Crippen LogP contribution in [0.1, 0.15) is 10.4 Å². The Balaban J connectivity index is 2.42. The van der Waals surface area contributed by atoms with Crippen molar-refractivity contribution in [2.24, 2.45) is 5.11 Å². The van der Waals surface area contributed by atoms with Crippen molar-refractivity contribution in [3.05, 3.63) is 64.8 Å². The number of amides is 1.